The van der Waals surface area contributed by atoms with Gasteiger partial charge in [-0.3, -0.25) is 4.98 Å². The van der Waals surface area contributed by atoms with Crippen LogP contribution in [0, 0.1) is 0 Å². The molecule has 138 valence electrons. The quantitative estimate of drug-likeness (QED) is 0.559. The highest BCUT2D eigenvalue weighted by Gasteiger charge is 2.28. The van der Waals surface area contributed by atoms with Crippen molar-refractivity contribution in [3.63, 3.8) is 0 Å². The summed E-state index contributed by atoms with van der Waals surface area (Å²) >= 11 is 7.98. The third-order valence-electron chi connectivity index (χ3n) is 4.12. The summed E-state index contributed by atoms with van der Waals surface area (Å²) in [6.07, 6.45) is 5.16. The highest BCUT2D eigenvalue weighted by Crippen LogP contribution is 2.44. The first-order valence-electron chi connectivity index (χ1n) is 8.47. The third kappa shape index (κ3) is 3.65. The van der Waals surface area contributed by atoms with Gasteiger partial charge in [0.15, 0.2) is 16.7 Å². The lowest BCUT2D eigenvalue weighted by Gasteiger charge is -2.18. The third-order valence-corrected chi connectivity index (χ3v) is 5.69. The molecule has 2 aromatic heterocycles. The van der Waals surface area contributed by atoms with E-state index in [0.717, 1.165) is 28.7 Å². The lowest BCUT2D eigenvalue weighted by atomic mass is 10.1. The van der Waals surface area contributed by atoms with Gasteiger partial charge in [-0.25, -0.2) is 0 Å². The van der Waals surface area contributed by atoms with Crippen molar-refractivity contribution in [1.29, 1.82) is 0 Å². The Morgan fingerprint density at radius 3 is 2.81 bits per heavy atom. The lowest BCUT2D eigenvalue weighted by molar-refractivity contribution is 0.0787. The molecule has 8 heteroatoms. The number of ether oxygens (including phenoxy) is 2. The van der Waals surface area contributed by atoms with Gasteiger partial charge in [0.1, 0.15) is 6.26 Å². The molecular formula is C19H17ClN4O2S. The predicted octanol–water partition coefficient (Wildman–Crippen LogP) is 4.69. The first-order valence-corrected chi connectivity index (χ1v) is 9.73. The van der Waals surface area contributed by atoms with Crippen LogP contribution in [0.5, 0.6) is 0 Å². The Hall–Kier alpha value is -2.51. The fourth-order valence-corrected chi connectivity index (χ4v) is 4.35. The average Bonchev–Trinajstić information content (AvgIpc) is 3.37. The number of thioether (sulfide) groups is 1. The normalized spacial score (nSPS) is 14.4. The van der Waals surface area contributed by atoms with E-state index in [1.165, 1.54) is 11.8 Å². The molecule has 0 aliphatic carbocycles. The molecule has 1 unspecified atom stereocenters. The van der Waals surface area contributed by atoms with Crippen LogP contribution in [0.3, 0.4) is 0 Å². The van der Waals surface area contributed by atoms with Crippen molar-refractivity contribution < 1.29 is 9.47 Å². The van der Waals surface area contributed by atoms with E-state index in [1.807, 2.05) is 36.4 Å². The van der Waals surface area contributed by atoms with Crippen LogP contribution in [0.25, 0.3) is 11.4 Å². The van der Waals surface area contributed by atoms with Gasteiger partial charge in [0.05, 0.1) is 5.25 Å². The zero-order valence-electron chi connectivity index (χ0n) is 14.6. The van der Waals surface area contributed by atoms with E-state index in [0.29, 0.717) is 10.8 Å². The van der Waals surface area contributed by atoms with Gasteiger partial charge in [-0.1, -0.05) is 41.6 Å². The summed E-state index contributed by atoms with van der Waals surface area (Å²) in [4.78, 5) is 4.18. The Bertz CT molecular complexity index is 961. The molecule has 6 nitrogen and oxygen atoms in total. The number of hydrogen-bond acceptors (Lipinski definition) is 6. The van der Waals surface area contributed by atoms with E-state index in [2.05, 4.69) is 26.7 Å². The number of aromatic nitrogens is 4. The Kier molecular flexibility index (Phi) is 5.31. The molecule has 4 rings (SSSR count). The van der Waals surface area contributed by atoms with Crippen LogP contribution >= 0.6 is 23.4 Å². The summed E-state index contributed by atoms with van der Waals surface area (Å²) in [6, 6.07) is 11.6. The molecule has 0 spiro atoms. The molecule has 1 aromatic carbocycles. The number of halogens is 1. The molecule has 1 aliphatic rings. The zero-order chi connectivity index (χ0) is 18.6. The van der Waals surface area contributed by atoms with Crippen LogP contribution in [0.15, 0.2) is 66.0 Å². The van der Waals surface area contributed by atoms with Gasteiger partial charge in [0, 0.05) is 29.5 Å². The van der Waals surface area contributed by atoms with E-state index in [1.54, 1.807) is 18.7 Å². The van der Waals surface area contributed by atoms with Crippen molar-refractivity contribution in [2.75, 3.05) is 6.79 Å². The summed E-state index contributed by atoms with van der Waals surface area (Å²) in [5.74, 6) is 1.49. The van der Waals surface area contributed by atoms with E-state index < -0.39 is 0 Å². The van der Waals surface area contributed by atoms with Crippen LogP contribution in [0.4, 0.5) is 0 Å². The van der Waals surface area contributed by atoms with Gasteiger partial charge in [-0.2, -0.15) is 0 Å². The molecule has 0 amide bonds. The van der Waals surface area contributed by atoms with Crippen molar-refractivity contribution in [3.05, 3.63) is 71.4 Å². The van der Waals surface area contributed by atoms with E-state index in [9.17, 15) is 0 Å². The monoisotopic (exact) mass is 400 g/mol. The maximum Gasteiger partial charge on any atom is 0.229 e. The Labute approximate surface area is 166 Å². The molecule has 0 fully saturated rings. The summed E-state index contributed by atoms with van der Waals surface area (Å²) in [5, 5.41) is 10.1. The minimum Gasteiger partial charge on any atom is -0.462 e. The molecule has 0 bridgehead atoms. The molecule has 0 saturated heterocycles. The maximum atomic E-state index is 6.45. The number of pyridine rings is 1. The minimum atomic E-state index is -0.183. The van der Waals surface area contributed by atoms with Gasteiger partial charge in [0.2, 0.25) is 6.79 Å². The fourth-order valence-electron chi connectivity index (χ4n) is 2.83. The van der Waals surface area contributed by atoms with Crippen LogP contribution < -0.4 is 0 Å². The van der Waals surface area contributed by atoms with Crippen molar-refractivity contribution in [2.24, 2.45) is 0 Å². The summed E-state index contributed by atoms with van der Waals surface area (Å²) in [5.41, 5.74) is 1.86. The molecule has 3 aromatic rings. The first-order chi connectivity index (χ1) is 13.3. The molecular weight excluding hydrogens is 384 g/mol. The van der Waals surface area contributed by atoms with Crippen molar-refractivity contribution >= 4 is 23.4 Å². The molecule has 3 heterocycles. The van der Waals surface area contributed by atoms with Crippen LogP contribution in [-0.2, 0) is 16.0 Å². The lowest BCUT2D eigenvalue weighted by Crippen LogP contribution is -2.05. The standard InChI is InChI=1S/C19H17ClN4O2S/c1-2-24-18(13-6-5-9-21-10-13)22-23-19(24)27-17(16-11-25-12-26-16)14-7-3-4-8-15(14)20/h3-11,17H,2,12H2,1H3. The van der Waals surface area contributed by atoms with Gasteiger partial charge >= 0.3 is 0 Å². The Morgan fingerprint density at radius 1 is 1.22 bits per heavy atom. The van der Waals surface area contributed by atoms with Gasteiger partial charge in [-0.15, -0.1) is 10.2 Å². The second kappa shape index (κ2) is 8.02. The SMILES string of the molecule is CCn1c(SC(C2=COCO2)c2ccccc2Cl)nnc1-c1cccnc1. The van der Waals surface area contributed by atoms with Crippen molar-refractivity contribution in [3.8, 4) is 11.4 Å². The Balaban J connectivity index is 1.72. The molecule has 0 radical (unpaired) electrons. The summed E-state index contributed by atoms with van der Waals surface area (Å²) in [7, 11) is 0. The second-order valence-electron chi connectivity index (χ2n) is 5.76. The molecule has 0 saturated carbocycles. The highest BCUT2D eigenvalue weighted by atomic mass is 35.5. The van der Waals surface area contributed by atoms with Gasteiger partial charge in [0.25, 0.3) is 0 Å². The predicted molar refractivity (Wildman–Crippen MR) is 104 cm³/mol. The van der Waals surface area contributed by atoms with E-state index in [4.69, 9.17) is 21.1 Å². The smallest absolute Gasteiger partial charge is 0.229 e. The summed E-state index contributed by atoms with van der Waals surface area (Å²) in [6.45, 7) is 3.00. The number of benzene rings is 1. The average molecular weight is 401 g/mol. The van der Waals surface area contributed by atoms with Crippen LogP contribution in [-0.4, -0.2) is 26.5 Å². The number of hydrogen-bond donors (Lipinski definition) is 0. The number of rotatable bonds is 6. The topological polar surface area (TPSA) is 62.1 Å². The van der Waals surface area contributed by atoms with Crippen molar-refractivity contribution in [2.45, 2.75) is 23.9 Å². The largest absolute Gasteiger partial charge is 0.462 e. The molecule has 0 N–H and O–H groups in total. The van der Waals surface area contributed by atoms with Gasteiger partial charge in [-0.05, 0) is 30.7 Å². The first kappa shape index (κ1) is 17.9. The molecule has 1 aliphatic heterocycles. The molecule has 1 atom stereocenters. The Morgan fingerprint density at radius 2 is 2.11 bits per heavy atom. The minimum absolute atomic E-state index is 0.183. The molecule has 27 heavy (non-hydrogen) atoms. The summed E-state index contributed by atoms with van der Waals surface area (Å²) < 4.78 is 13.0. The highest BCUT2D eigenvalue weighted by molar-refractivity contribution is 7.99. The van der Waals surface area contributed by atoms with E-state index >= 15 is 0 Å². The zero-order valence-corrected chi connectivity index (χ0v) is 16.2. The van der Waals surface area contributed by atoms with Crippen molar-refractivity contribution in [1.82, 2.24) is 19.7 Å². The maximum absolute atomic E-state index is 6.45. The second-order valence-corrected chi connectivity index (χ2v) is 7.24. The number of nitrogens with zero attached hydrogens (tertiary/aromatic N) is 4. The van der Waals surface area contributed by atoms with Crippen LogP contribution in [0.1, 0.15) is 17.7 Å². The van der Waals surface area contributed by atoms with Crippen LogP contribution in [0.2, 0.25) is 5.02 Å². The van der Waals surface area contributed by atoms with Gasteiger partial charge < -0.3 is 14.0 Å². The van der Waals surface area contributed by atoms with E-state index in [-0.39, 0.29) is 12.0 Å². The fraction of sp³-hybridized carbons (Fsp3) is 0.211.